The van der Waals surface area contributed by atoms with Gasteiger partial charge in [-0.15, -0.1) is 0 Å². The van der Waals surface area contributed by atoms with Crippen LogP contribution in [0.2, 0.25) is 0 Å². The van der Waals surface area contributed by atoms with E-state index >= 15 is 0 Å². The third kappa shape index (κ3) is 2.81. The molecular formula is C14H21F2N3. The van der Waals surface area contributed by atoms with E-state index in [0.29, 0.717) is 6.54 Å². The molecule has 1 saturated carbocycles. The Kier molecular flexibility index (Phi) is 3.94. The monoisotopic (exact) mass is 269 g/mol. The van der Waals surface area contributed by atoms with Crippen LogP contribution < -0.4 is 11.1 Å². The van der Waals surface area contributed by atoms with Gasteiger partial charge in [-0.3, -0.25) is 0 Å². The number of rotatable bonds is 4. The summed E-state index contributed by atoms with van der Waals surface area (Å²) in [7, 11) is 4.03. The summed E-state index contributed by atoms with van der Waals surface area (Å²) < 4.78 is 27.4. The van der Waals surface area contributed by atoms with E-state index in [-0.39, 0.29) is 16.9 Å². The normalized spacial score (nSPS) is 17.9. The van der Waals surface area contributed by atoms with Crippen LogP contribution in [0.1, 0.15) is 25.7 Å². The first-order valence-electron chi connectivity index (χ1n) is 6.60. The van der Waals surface area contributed by atoms with Crippen molar-refractivity contribution in [2.75, 3.05) is 31.7 Å². The zero-order valence-corrected chi connectivity index (χ0v) is 11.5. The van der Waals surface area contributed by atoms with Crippen molar-refractivity contribution >= 4 is 11.4 Å². The van der Waals surface area contributed by atoms with Crippen molar-refractivity contribution < 1.29 is 8.78 Å². The first-order chi connectivity index (χ1) is 8.94. The largest absolute Gasteiger partial charge is 0.399 e. The predicted molar refractivity (Wildman–Crippen MR) is 74.1 cm³/mol. The molecule has 1 aliphatic rings. The minimum absolute atomic E-state index is 0.0136. The van der Waals surface area contributed by atoms with Crippen molar-refractivity contribution in [2.45, 2.75) is 31.2 Å². The van der Waals surface area contributed by atoms with Gasteiger partial charge in [-0.1, -0.05) is 12.8 Å². The summed E-state index contributed by atoms with van der Waals surface area (Å²) in [6.45, 7) is 0.539. The van der Waals surface area contributed by atoms with Crippen LogP contribution in [0.25, 0.3) is 0 Å². The highest BCUT2D eigenvalue weighted by molar-refractivity contribution is 5.54. The second kappa shape index (κ2) is 5.33. The number of nitrogens with zero attached hydrogens (tertiary/aromatic N) is 1. The van der Waals surface area contributed by atoms with Gasteiger partial charge in [-0.2, -0.15) is 0 Å². The number of nitrogen functional groups attached to an aromatic ring is 1. The van der Waals surface area contributed by atoms with Gasteiger partial charge in [0.15, 0.2) is 11.6 Å². The molecule has 0 saturated heterocycles. The number of benzene rings is 1. The summed E-state index contributed by atoms with van der Waals surface area (Å²) in [4.78, 5) is 2.15. The van der Waals surface area contributed by atoms with Crippen LogP contribution in [-0.4, -0.2) is 31.1 Å². The van der Waals surface area contributed by atoms with Gasteiger partial charge in [-0.05, 0) is 39.1 Å². The number of hydrogen-bond donors (Lipinski definition) is 2. The Morgan fingerprint density at radius 3 is 2.21 bits per heavy atom. The van der Waals surface area contributed by atoms with Crippen molar-refractivity contribution in [3.8, 4) is 0 Å². The average Bonchev–Trinajstić information content (AvgIpc) is 2.77. The molecule has 0 bridgehead atoms. The van der Waals surface area contributed by atoms with Gasteiger partial charge in [0.05, 0.1) is 0 Å². The summed E-state index contributed by atoms with van der Waals surface area (Å²) in [5, 5.41) is 2.93. The maximum atomic E-state index is 13.7. The number of nitrogens with one attached hydrogen (secondary N) is 1. The Balaban J connectivity index is 2.14. The molecular weight excluding hydrogens is 248 g/mol. The van der Waals surface area contributed by atoms with E-state index in [1.165, 1.54) is 0 Å². The molecule has 19 heavy (non-hydrogen) atoms. The average molecular weight is 269 g/mol. The topological polar surface area (TPSA) is 41.3 Å². The zero-order valence-electron chi connectivity index (χ0n) is 11.5. The first kappa shape index (κ1) is 14.1. The van der Waals surface area contributed by atoms with E-state index in [2.05, 4.69) is 10.2 Å². The molecule has 1 aromatic rings. The number of hydrogen-bond acceptors (Lipinski definition) is 3. The standard InChI is InChI=1S/C14H21F2N3/c1-19(2)14(5-3-4-6-14)9-18-13-11(15)7-10(17)8-12(13)16/h7-8,18H,3-6,9,17H2,1-2H3. The summed E-state index contributed by atoms with van der Waals surface area (Å²) in [5.74, 6) is -1.27. The smallest absolute Gasteiger partial charge is 0.151 e. The van der Waals surface area contributed by atoms with Gasteiger partial charge < -0.3 is 16.0 Å². The fourth-order valence-electron chi connectivity index (χ4n) is 2.83. The Morgan fingerprint density at radius 2 is 1.74 bits per heavy atom. The van der Waals surface area contributed by atoms with Gasteiger partial charge in [-0.25, -0.2) is 8.78 Å². The number of nitrogens with two attached hydrogens (primary N) is 1. The van der Waals surface area contributed by atoms with Gasteiger partial charge in [0.2, 0.25) is 0 Å². The Labute approximate surface area is 112 Å². The minimum Gasteiger partial charge on any atom is -0.399 e. The predicted octanol–water partition coefficient (Wildman–Crippen LogP) is 2.83. The Bertz CT molecular complexity index is 431. The molecule has 0 heterocycles. The molecule has 1 aliphatic carbocycles. The Hall–Kier alpha value is -1.36. The van der Waals surface area contributed by atoms with Gasteiger partial charge in [0, 0.05) is 17.8 Å². The first-order valence-corrected chi connectivity index (χ1v) is 6.60. The summed E-state index contributed by atoms with van der Waals surface area (Å²) in [6, 6.07) is 2.28. The molecule has 0 radical (unpaired) electrons. The van der Waals surface area contributed by atoms with Gasteiger partial charge >= 0.3 is 0 Å². The lowest BCUT2D eigenvalue weighted by molar-refractivity contribution is 0.172. The molecule has 3 nitrogen and oxygen atoms in total. The highest BCUT2D eigenvalue weighted by atomic mass is 19.1. The lowest BCUT2D eigenvalue weighted by atomic mass is 9.96. The number of likely N-dealkylation sites (N-methyl/N-ethyl adjacent to an activating group) is 1. The van der Waals surface area contributed by atoms with E-state index in [1.54, 1.807) is 0 Å². The van der Waals surface area contributed by atoms with Crippen LogP contribution >= 0.6 is 0 Å². The third-order valence-corrected chi connectivity index (χ3v) is 4.14. The molecule has 2 rings (SSSR count). The zero-order chi connectivity index (χ0) is 14.0. The Morgan fingerprint density at radius 1 is 1.21 bits per heavy atom. The molecule has 1 fully saturated rings. The van der Waals surface area contributed by atoms with E-state index < -0.39 is 11.6 Å². The lowest BCUT2D eigenvalue weighted by Gasteiger charge is -2.36. The van der Waals surface area contributed by atoms with E-state index in [1.807, 2.05) is 14.1 Å². The van der Waals surface area contributed by atoms with E-state index in [0.717, 1.165) is 37.8 Å². The van der Waals surface area contributed by atoms with Crippen LogP contribution in [0, 0.1) is 11.6 Å². The fraction of sp³-hybridized carbons (Fsp3) is 0.571. The highest BCUT2D eigenvalue weighted by Crippen LogP contribution is 2.34. The summed E-state index contributed by atoms with van der Waals surface area (Å²) >= 11 is 0. The van der Waals surface area contributed by atoms with Crippen LogP contribution in [0.15, 0.2) is 12.1 Å². The summed E-state index contributed by atoms with van der Waals surface area (Å²) in [6.07, 6.45) is 4.41. The molecule has 0 aliphatic heterocycles. The van der Waals surface area contributed by atoms with Crippen molar-refractivity contribution in [3.05, 3.63) is 23.8 Å². The fourth-order valence-corrected chi connectivity index (χ4v) is 2.83. The van der Waals surface area contributed by atoms with Crippen molar-refractivity contribution in [1.29, 1.82) is 0 Å². The van der Waals surface area contributed by atoms with Crippen LogP contribution in [0.5, 0.6) is 0 Å². The molecule has 0 unspecified atom stereocenters. The molecule has 0 spiro atoms. The second-order valence-electron chi connectivity index (χ2n) is 5.54. The SMILES string of the molecule is CN(C)C1(CNc2c(F)cc(N)cc2F)CCCC1. The highest BCUT2D eigenvalue weighted by Gasteiger charge is 2.36. The molecule has 106 valence electrons. The maximum Gasteiger partial charge on any atom is 0.151 e. The molecule has 1 aromatic carbocycles. The molecule has 0 atom stereocenters. The third-order valence-electron chi connectivity index (χ3n) is 4.14. The van der Waals surface area contributed by atoms with E-state index in [9.17, 15) is 8.78 Å². The van der Waals surface area contributed by atoms with Gasteiger partial charge in [0.25, 0.3) is 0 Å². The molecule has 3 N–H and O–H groups in total. The van der Waals surface area contributed by atoms with Crippen LogP contribution in [-0.2, 0) is 0 Å². The van der Waals surface area contributed by atoms with Crippen LogP contribution in [0.4, 0.5) is 20.2 Å². The van der Waals surface area contributed by atoms with Crippen molar-refractivity contribution in [3.63, 3.8) is 0 Å². The minimum atomic E-state index is -0.635. The van der Waals surface area contributed by atoms with Crippen molar-refractivity contribution in [1.82, 2.24) is 4.90 Å². The molecule has 5 heteroatoms. The quantitative estimate of drug-likeness (QED) is 0.826. The number of halogens is 2. The second-order valence-corrected chi connectivity index (χ2v) is 5.54. The lowest BCUT2D eigenvalue weighted by Crippen LogP contribution is -2.47. The van der Waals surface area contributed by atoms with Gasteiger partial charge in [0.1, 0.15) is 5.69 Å². The molecule has 0 amide bonds. The molecule has 0 aromatic heterocycles. The van der Waals surface area contributed by atoms with Crippen molar-refractivity contribution in [2.24, 2.45) is 0 Å². The van der Waals surface area contributed by atoms with E-state index in [4.69, 9.17) is 5.73 Å². The maximum absolute atomic E-state index is 13.7. The van der Waals surface area contributed by atoms with Crippen LogP contribution in [0.3, 0.4) is 0 Å². The summed E-state index contributed by atoms with van der Waals surface area (Å²) in [5.41, 5.74) is 5.41. The number of anilines is 2.